The summed E-state index contributed by atoms with van der Waals surface area (Å²) >= 11 is 0. The molecule has 1 saturated heterocycles. The normalized spacial score (nSPS) is 16.0. The molecule has 0 aliphatic carbocycles. The summed E-state index contributed by atoms with van der Waals surface area (Å²) < 4.78 is 0. The third kappa shape index (κ3) is 4.99. The van der Waals surface area contributed by atoms with Gasteiger partial charge in [0.05, 0.1) is 5.56 Å². The van der Waals surface area contributed by atoms with Gasteiger partial charge < -0.3 is 16.0 Å². The molecule has 2 rings (SSSR count). The summed E-state index contributed by atoms with van der Waals surface area (Å²) in [6, 6.07) is 3.83. The predicted molar refractivity (Wildman–Crippen MR) is 84.6 cm³/mol. The number of carbonyl (C=O) groups excluding carboxylic acids is 1. The van der Waals surface area contributed by atoms with E-state index in [1.54, 1.807) is 18.3 Å². The van der Waals surface area contributed by atoms with Crippen LogP contribution < -0.4 is 16.0 Å². The number of carbonyl (C=O) groups is 1. The Morgan fingerprint density at radius 2 is 2.19 bits per heavy atom. The van der Waals surface area contributed by atoms with E-state index in [1.807, 2.05) is 13.8 Å². The van der Waals surface area contributed by atoms with Crippen molar-refractivity contribution in [2.24, 2.45) is 0 Å². The molecule has 0 unspecified atom stereocenters. The average Bonchev–Trinajstić information content (AvgIpc) is 2.48. The fourth-order valence-corrected chi connectivity index (χ4v) is 2.33. The zero-order valence-electron chi connectivity index (χ0n) is 12.9. The van der Waals surface area contributed by atoms with Crippen LogP contribution in [0, 0.1) is 0 Å². The van der Waals surface area contributed by atoms with Crippen LogP contribution in [-0.4, -0.2) is 61.1 Å². The molecular formula is C15H25N5O. The summed E-state index contributed by atoms with van der Waals surface area (Å²) in [5.74, 6) is 0.577. The second-order valence-electron chi connectivity index (χ2n) is 5.55. The summed E-state index contributed by atoms with van der Waals surface area (Å²) in [7, 11) is 0. The highest BCUT2D eigenvalue weighted by Gasteiger charge is 2.13. The van der Waals surface area contributed by atoms with Crippen molar-refractivity contribution in [2.75, 3.05) is 44.6 Å². The molecule has 6 heteroatoms. The first-order chi connectivity index (χ1) is 10.2. The monoisotopic (exact) mass is 291 g/mol. The molecule has 1 aromatic heterocycles. The fraction of sp³-hybridized carbons (Fsp3) is 0.600. The molecule has 1 aromatic rings. The molecule has 116 valence electrons. The maximum atomic E-state index is 12.3. The van der Waals surface area contributed by atoms with E-state index in [0.717, 1.165) is 32.7 Å². The fourth-order valence-electron chi connectivity index (χ4n) is 2.33. The van der Waals surface area contributed by atoms with Crippen LogP contribution in [0.4, 0.5) is 5.82 Å². The lowest BCUT2D eigenvalue weighted by Crippen LogP contribution is -2.46. The molecule has 1 aliphatic rings. The maximum Gasteiger partial charge on any atom is 0.255 e. The number of nitrogens with zero attached hydrogens (tertiary/aromatic N) is 2. The second kappa shape index (κ2) is 7.95. The van der Waals surface area contributed by atoms with E-state index in [1.165, 1.54) is 0 Å². The van der Waals surface area contributed by atoms with E-state index < -0.39 is 0 Å². The number of hydrogen-bond acceptors (Lipinski definition) is 5. The van der Waals surface area contributed by atoms with E-state index in [2.05, 4.69) is 25.8 Å². The third-order valence-corrected chi connectivity index (χ3v) is 3.40. The lowest BCUT2D eigenvalue weighted by Gasteiger charge is -2.27. The maximum absolute atomic E-state index is 12.3. The van der Waals surface area contributed by atoms with E-state index in [4.69, 9.17) is 0 Å². The van der Waals surface area contributed by atoms with Crippen LogP contribution in [-0.2, 0) is 0 Å². The highest BCUT2D eigenvalue weighted by Crippen LogP contribution is 2.12. The van der Waals surface area contributed by atoms with Gasteiger partial charge in [-0.15, -0.1) is 0 Å². The summed E-state index contributed by atoms with van der Waals surface area (Å²) in [5.41, 5.74) is 0.603. The Morgan fingerprint density at radius 1 is 1.43 bits per heavy atom. The van der Waals surface area contributed by atoms with E-state index >= 15 is 0 Å². The van der Waals surface area contributed by atoms with Crippen molar-refractivity contribution in [1.29, 1.82) is 0 Å². The Labute approximate surface area is 126 Å². The molecular weight excluding hydrogens is 266 g/mol. The molecule has 0 saturated carbocycles. The minimum absolute atomic E-state index is 0.0682. The first-order valence-corrected chi connectivity index (χ1v) is 7.59. The Bertz CT molecular complexity index is 457. The lowest BCUT2D eigenvalue weighted by atomic mass is 10.2. The summed E-state index contributed by atoms with van der Waals surface area (Å²) in [6.45, 7) is 9.75. The Kier molecular flexibility index (Phi) is 5.95. The van der Waals surface area contributed by atoms with E-state index in [-0.39, 0.29) is 11.9 Å². The van der Waals surface area contributed by atoms with Gasteiger partial charge >= 0.3 is 0 Å². The molecule has 2 heterocycles. The van der Waals surface area contributed by atoms with Crippen molar-refractivity contribution in [3.63, 3.8) is 0 Å². The van der Waals surface area contributed by atoms with Crippen LogP contribution in [0.15, 0.2) is 18.3 Å². The molecule has 0 radical (unpaired) electrons. The number of rotatable bonds is 6. The first kappa shape index (κ1) is 15.7. The number of piperazine rings is 1. The molecule has 0 atom stereocenters. The number of aromatic nitrogens is 1. The first-order valence-electron chi connectivity index (χ1n) is 7.59. The summed E-state index contributed by atoms with van der Waals surface area (Å²) in [4.78, 5) is 18.9. The third-order valence-electron chi connectivity index (χ3n) is 3.40. The van der Waals surface area contributed by atoms with Crippen LogP contribution in [0.5, 0.6) is 0 Å². The van der Waals surface area contributed by atoms with Gasteiger partial charge in [0.25, 0.3) is 5.91 Å². The largest absolute Gasteiger partial charge is 0.367 e. The van der Waals surface area contributed by atoms with Crippen LogP contribution in [0.2, 0.25) is 0 Å². The quantitative estimate of drug-likeness (QED) is 0.713. The molecule has 1 fully saturated rings. The Morgan fingerprint density at radius 3 is 2.90 bits per heavy atom. The number of pyridine rings is 1. The molecule has 0 bridgehead atoms. The van der Waals surface area contributed by atoms with E-state index in [9.17, 15) is 4.79 Å². The highest BCUT2D eigenvalue weighted by atomic mass is 16.1. The van der Waals surface area contributed by atoms with Crippen molar-refractivity contribution in [3.05, 3.63) is 23.9 Å². The van der Waals surface area contributed by atoms with Gasteiger partial charge in [0, 0.05) is 51.5 Å². The van der Waals surface area contributed by atoms with Crippen molar-refractivity contribution < 1.29 is 4.79 Å². The van der Waals surface area contributed by atoms with Gasteiger partial charge in [-0.1, -0.05) is 0 Å². The zero-order valence-corrected chi connectivity index (χ0v) is 12.9. The molecule has 0 aromatic carbocycles. The Hall–Kier alpha value is -1.66. The predicted octanol–water partition coefficient (Wildman–Crippen LogP) is 0.537. The molecule has 3 N–H and O–H groups in total. The number of anilines is 1. The van der Waals surface area contributed by atoms with Crippen LogP contribution in [0.3, 0.4) is 0 Å². The SMILES string of the molecule is CC(C)Nc1ncccc1C(=O)NCCN1CCNCC1. The van der Waals surface area contributed by atoms with Gasteiger partial charge in [-0.25, -0.2) is 4.98 Å². The average molecular weight is 291 g/mol. The topological polar surface area (TPSA) is 69.3 Å². The standard InChI is InChI=1S/C15H25N5O/c1-12(2)19-14-13(4-3-5-17-14)15(21)18-8-11-20-9-6-16-7-10-20/h3-5,12,16H,6-11H2,1-2H3,(H,17,19)(H,18,21). The van der Waals surface area contributed by atoms with Gasteiger partial charge in [-0.2, -0.15) is 0 Å². The van der Waals surface area contributed by atoms with Crippen LogP contribution >= 0.6 is 0 Å². The zero-order chi connectivity index (χ0) is 15.1. The minimum Gasteiger partial charge on any atom is -0.367 e. The van der Waals surface area contributed by atoms with Crippen LogP contribution in [0.1, 0.15) is 24.2 Å². The highest BCUT2D eigenvalue weighted by molar-refractivity contribution is 5.98. The molecule has 21 heavy (non-hydrogen) atoms. The van der Waals surface area contributed by atoms with Crippen molar-refractivity contribution in [3.8, 4) is 0 Å². The Balaban J connectivity index is 1.85. The van der Waals surface area contributed by atoms with Crippen molar-refractivity contribution in [1.82, 2.24) is 20.5 Å². The molecule has 1 aliphatic heterocycles. The molecule has 0 spiro atoms. The van der Waals surface area contributed by atoms with Gasteiger partial charge in [0.1, 0.15) is 5.82 Å². The van der Waals surface area contributed by atoms with Gasteiger partial charge in [-0.3, -0.25) is 9.69 Å². The number of hydrogen-bond donors (Lipinski definition) is 3. The van der Waals surface area contributed by atoms with Crippen molar-refractivity contribution >= 4 is 11.7 Å². The summed E-state index contributed by atoms with van der Waals surface area (Å²) in [6.07, 6.45) is 1.70. The number of amides is 1. The van der Waals surface area contributed by atoms with Gasteiger partial charge in [-0.05, 0) is 26.0 Å². The van der Waals surface area contributed by atoms with E-state index in [0.29, 0.717) is 17.9 Å². The molecule has 6 nitrogen and oxygen atoms in total. The summed E-state index contributed by atoms with van der Waals surface area (Å²) in [5, 5.41) is 9.50. The van der Waals surface area contributed by atoms with Crippen molar-refractivity contribution in [2.45, 2.75) is 19.9 Å². The minimum atomic E-state index is -0.0682. The molecule has 1 amide bonds. The van der Waals surface area contributed by atoms with Gasteiger partial charge in [0.2, 0.25) is 0 Å². The van der Waals surface area contributed by atoms with Gasteiger partial charge in [0.15, 0.2) is 0 Å². The second-order valence-corrected chi connectivity index (χ2v) is 5.55. The number of nitrogens with one attached hydrogen (secondary N) is 3. The lowest BCUT2D eigenvalue weighted by molar-refractivity contribution is 0.0948. The smallest absolute Gasteiger partial charge is 0.255 e. The van der Waals surface area contributed by atoms with Crippen LogP contribution in [0.25, 0.3) is 0 Å².